The smallest absolute Gasteiger partial charge is 0.274 e. The molecule has 1 amide bonds. The van der Waals surface area contributed by atoms with Crippen LogP contribution in [-0.2, 0) is 11.4 Å². The zero-order chi connectivity index (χ0) is 17.2. The summed E-state index contributed by atoms with van der Waals surface area (Å²) in [5.41, 5.74) is 6.47. The van der Waals surface area contributed by atoms with Gasteiger partial charge in [-0.05, 0) is 29.8 Å². The van der Waals surface area contributed by atoms with Crippen molar-refractivity contribution >= 4 is 27.7 Å². The molecule has 1 heterocycles. The summed E-state index contributed by atoms with van der Waals surface area (Å²) in [6.07, 6.45) is 0. The molecule has 4 rings (SSSR count). The van der Waals surface area contributed by atoms with Crippen molar-refractivity contribution in [2.24, 2.45) is 0 Å². The van der Waals surface area contributed by atoms with Gasteiger partial charge in [0.05, 0.1) is 7.11 Å². The van der Waals surface area contributed by atoms with E-state index in [2.05, 4.69) is 63.4 Å². The number of nitrogens with one attached hydrogen (secondary N) is 1. The Balaban J connectivity index is 1.74. The number of nitrogens with zero attached hydrogens (tertiary/aromatic N) is 1. The molecule has 4 heteroatoms. The average molecular weight is 330 g/mol. The van der Waals surface area contributed by atoms with Gasteiger partial charge in [-0.1, -0.05) is 48.5 Å². The molecule has 0 bridgehead atoms. The topological polar surface area (TPSA) is 43.3 Å². The van der Waals surface area contributed by atoms with Crippen LogP contribution in [0.2, 0.25) is 0 Å². The summed E-state index contributed by atoms with van der Waals surface area (Å²) in [7, 11) is 1.43. The highest BCUT2D eigenvalue weighted by Crippen LogP contribution is 2.29. The fourth-order valence-electron chi connectivity index (χ4n) is 3.27. The fourth-order valence-corrected chi connectivity index (χ4v) is 3.27. The van der Waals surface area contributed by atoms with Crippen LogP contribution in [0.25, 0.3) is 21.8 Å². The molecule has 0 unspecified atom stereocenters. The highest BCUT2D eigenvalue weighted by molar-refractivity contribution is 6.08. The number of para-hydroxylation sites is 2. The van der Waals surface area contributed by atoms with E-state index in [4.69, 9.17) is 0 Å². The third-order valence-electron chi connectivity index (χ3n) is 4.43. The van der Waals surface area contributed by atoms with Gasteiger partial charge in [-0.3, -0.25) is 9.63 Å². The second kappa shape index (κ2) is 6.42. The molecule has 0 saturated carbocycles. The second-order valence-corrected chi connectivity index (χ2v) is 5.95. The zero-order valence-electron chi connectivity index (χ0n) is 13.9. The van der Waals surface area contributed by atoms with Crippen LogP contribution in [0.3, 0.4) is 0 Å². The first-order valence-corrected chi connectivity index (χ1v) is 8.16. The number of hydroxylamine groups is 1. The minimum atomic E-state index is -0.245. The van der Waals surface area contributed by atoms with E-state index < -0.39 is 0 Å². The molecule has 0 aliphatic carbocycles. The fraction of sp³-hybridized carbons (Fsp3) is 0.0952. The molecule has 0 aliphatic rings. The van der Waals surface area contributed by atoms with Crippen molar-refractivity contribution < 1.29 is 9.63 Å². The van der Waals surface area contributed by atoms with E-state index in [-0.39, 0.29) is 5.91 Å². The Kier molecular flexibility index (Phi) is 3.96. The van der Waals surface area contributed by atoms with E-state index in [0.717, 1.165) is 12.1 Å². The molecule has 25 heavy (non-hydrogen) atoms. The first-order valence-electron chi connectivity index (χ1n) is 8.16. The van der Waals surface area contributed by atoms with Crippen molar-refractivity contribution in [3.8, 4) is 0 Å². The number of aromatic nitrogens is 1. The van der Waals surface area contributed by atoms with Crippen LogP contribution in [0.1, 0.15) is 15.9 Å². The molecule has 0 aliphatic heterocycles. The Morgan fingerprint density at radius 2 is 1.44 bits per heavy atom. The van der Waals surface area contributed by atoms with Crippen LogP contribution in [0.15, 0.2) is 72.8 Å². The van der Waals surface area contributed by atoms with E-state index in [0.29, 0.717) is 5.56 Å². The molecule has 0 saturated heterocycles. The largest absolute Gasteiger partial charge is 0.336 e. The molecule has 4 aromatic rings. The maximum absolute atomic E-state index is 11.8. The quantitative estimate of drug-likeness (QED) is 0.572. The number of hydrogen-bond donors (Lipinski definition) is 1. The normalized spacial score (nSPS) is 11.1. The van der Waals surface area contributed by atoms with Gasteiger partial charge < -0.3 is 4.57 Å². The SMILES string of the molecule is CONC(=O)c1ccc(Cn2c3ccccc3c3ccccc32)cc1. The molecule has 1 aromatic heterocycles. The number of fused-ring (bicyclic) bond motifs is 3. The van der Waals surface area contributed by atoms with Gasteiger partial charge in [0.15, 0.2) is 0 Å². The average Bonchev–Trinajstić information content (AvgIpc) is 2.97. The van der Waals surface area contributed by atoms with Crippen LogP contribution in [0.5, 0.6) is 0 Å². The van der Waals surface area contributed by atoms with Crippen molar-refractivity contribution in [3.63, 3.8) is 0 Å². The van der Waals surface area contributed by atoms with Crippen molar-refractivity contribution in [1.29, 1.82) is 0 Å². The molecule has 1 N–H and O–H groups in total. The Morgan fingerprint density at radius 3 is 2.00 bits per heavy atom. The van der Waals surface area contributed by atoms with Crippen LogP contribution >= 0.6 is 0 Å². The molecule has 0 spiro atoms. The minimum Gasteiger partial charge on any atom is -0.336 e. The number of carbonyl (C=O) groups excluding carboxylic acids is 1. The number of hydrogen-bond acceptors (Lipinski definition) is 2. The summed E-state index contributed by atoms with van der Waals surface area (Å²) >= 11 is 0. The van der Waals surface area contributed by atoms with Gasteiger partial charge in [0.2, 0.25) is 0 Å². The summed E-state index contributed by atoms with van der Waals surface area (Å²) in [6.45, 7) is 0.750. The first kappa shape index (κ1) is 15.4. The van der Waals surface area contributed by atoms with Gasteiger partial charge in [0.25, 0.3) is 5.91 Å². The van der Waals surface area contributed by atoms with E-state index >= 15 is 0 Å². The van der Waals surface area contributed by atoms with Gasteiger partial charge in [-0.2, -0.15) is 0 Å². The van der Waals surface area contributed by atoms with E-state index in [9.17, 15) is 4.79 Å². The summed E-state index contributed by atoms with van der Waals surface area (Å²) in [4.78, 5) is 16.4. The number of carbonyl (C=O) groups is 1. The highest BCUT2D eigenvalue weighted by Gasteiger charge is 2.10. The van der Waals surface area contributed by atoms with Crippen LogP contribution in [0.4, 0.5) is 0 Å². The van der Waals surface area contributed by atoms with Crippen molar-refractivity contribution in [3.05, 3.63) is 83.9 Å². The lowest BCUT2D eigenvalue weighted by atomic mass is 10.1. The molecular weight excluding hydrogens is 312 g/mol. The monoisotopic (exact) mass is 330 g/mol. The lowest BCUT2D eigenvalue weighted by Gasteiger charge is -2.09. The van der Waals surface area contributed by atoms with E-state index in [1.807, 2.05) is 24.3 Å². The van der Waals surface area contributed by atoms with Crippen LogP contribution in [0, 0.1) is 0 Å². The number of benzene rings is 3. The van der Waals surface area contributed by atoms with Gasteiger partial charge in [0, 0.05) is 33.9 Å². The van der Waals surface area contributed by atoms with Gasteiger partial charge in [0.1, 0.15) is 0 Å². The first-order chi connectivity index (χ1) is 12.3. The lowest BCUT2D eigenvalue weighted by molar-refractivity contribution is 0.0537. The zero-order valence-corrected chi connectivity index (χ0v) is 13.9. The maximum Gasteiger partial charge on any atom is 0.274 e. The second-order valence-electron chi connectivity index (χ2n) is 5.95. The maximum atomic E-state index is 11.8. The van der Waals surface area contributed by atoms with Gasteiger partial charge >= 0.3 is 0 Å². The summed E-state index contributed by atoms with van der Waals surface area (Å²) in [6, 6.07) is 24.5. The standard InChI is InChI=1S/C21H18N2O2/c1-25-22-21(24)16-12-10-15(11-13-16)14-23-19-8-4-2-6-17(19)18-7-3-5-9-20(18)23/h2-13H,14H2,1H3,(H,22,24). The van der Waals surface area contributed by atoms with Crippen molar-refractivity contribution in [1.82, 2.24) is 10.0 Å². The lowest BCUT2D eigenvalue weighted by Crippen LogP contribution is -2.21. The van der Waals surface area contributed by atoms with Gasteiger partial charge in [-0.25, -0.2) is 5.48 Å². The van der Waals surface area contributed by atoms with Gasteiger partial charge in [-0.15, -0.1) is 0 Å². The third-order valence-corrected chi connectivity index (χ3v) is 4.43. The summed E-state index contributed by atoms with van der Waals surface area (Å²) in [5, 5.41) is 2.52. The van der Waals surface area contributed by atoms with E-state index in [1.165, 1.54) is 28.9 Å². The molecular formula is C21H18N2O2. The Bertz CT molecular complexity index is 995. The molecule has 124 valence electrons. The predicted molar refractivity (Wildman–Crippen MR) is 99.5 cm³/mol. The number of amides is 1. The van der Waals surface area contributed by atoms with Crippen LogP contribution in [-0.4, -0.2) is 17.6 Å². The summed E-state index contributed by atoms with van der Waals surface area (Å²) < 4.78 is 2.31. The van der Waals surface area contributed by atoms with E-state index in [1.54, 1.807) is 0 Å². The molecule has 3 aromatic carbocycles. The van der Waals surface area contributed by atoms with Crippen molar-refractivity contribution in [2.45, 2.75) is 6.54 Å². The Labute approximate surface area is 145 Å². The van der Waals surface area contributed by atoms with Crippen LogP contribution < -0.4 is 5.48 Å². The molecule has 0 fully saturated rings. The third kappa shape index (κ3) is 2.77. The minimum absolute atomic E-state index is 0.245. The van der Waals surface area contributed by atoms with Crippen molar-refractivity contribution in [2.75, 3.05) is 7.11 Å². The predicted octanol–water partition coefficient (Wildman–Crippen LogP) is 4.13. The number of rotatable bonds is 4. The molecule has 0 atom stereocenters. The summed E-state index contributed by atoms with van der Waals surface area (Å²) in [5.74, 6) is -0.245. The molecule has 0 radical (unpaired) electrons. The Morgan fingerprint density at radius 1 is 0.880 bits per heavy atom. The Hall–Kier alpha value is -3.11. The molecule has 4 nitrogen and oxygen atoms in total. The highest BCUT2D eigenvalue weighted by atomic mass is 16.6.